The Labute approximate surface area is 60.4 Å². The van der Waals surface area contributed by atoms with Crippen molar-refractivity contribution in [1.29, 1.82) is 0 Å². The molecule has 0 radical (unpaired) electrons. The fourth-order valence-electron chi connectivity index (χ4n) is 0.443. The van der Waals surface area contributed by atoms with Crippen LogP contribution in [0.5, 0.6) is 0 Å². The molecule has 0 saturated heterocycles. The first-order valence-electron chi connectivity index (χ1n) is 3.07. The summed E-state index contributed by atoms with van der Waals surface area (Å²) in [6.45, 7) is 5.41. The van der Waals surface area contributed by atoms with Crippen molar-refractivity contribution >= 4 is 12.7 Å². The molecule has 0 unspecified atom stereocenters. The third-order valence-electron chi connectivity index (χ3n) is 0.801. The minimum atomic E-state index is -0.234. The Hall–Kier alpha value is -1.12. The van der Waals surface area contributed by atoms with E-state index in [4.69, 9.17) is 0 Å². The monoisotopic (exact) mass is 141 g/mol. The second kappa shape index (κ2) is 6.01. The van der Waals surface area contributed by atoms with Crippen LogP contribution in [-0.4, -0.2) is 19.3 Å². The highest BCUT2D eigenvalue weighted by atomic mass is 16.5. The topological polar surface area (TPSA) is 38.7 Å². The Morgan fingerprint density at radius 2 is 2.50 bits per heavy atom. The van der Waals surface area contributed by atoms with E-state index in [-0.39, 0.29) is 12.4 Å². The summed E-state index contributed by atoms with van der Waals surface area (Å²) in [5.74, 6) is -0.234. The van der Waals surface area contributed by atoms with Crippen molar-refractivity contribution in [2.45, 2.75) is 13.3 Å². The second-order valence-electron chi connectivity index (χ2n) is 1.58. The number of carbonyl (C=O) groups excluding carboxylic acids is 1. The molecule has 0 aliphatic carbocycles. The molecule has 0 aromatic carbocycles. The highest BCUT2D eigenvalue weighted by molar-refractivity contribution is 5.71. The number of nitrogens with zero attached hydrogens (tertiary/aromatic N) is 1. The Balaban J connectivity index is 3.38. The summed E-state index contributed by atoms with van der Waals surface area (Å²) in [7, 11) is 0. The number of ether oxygens (including phenoxy) is 1. The molecule has 0 atom stereocenters. The van der Waals surface area contributed by atoms with Crippen molar-refractivity contribution in [3.8, 4) is 0 Å². The zero-order chi connectivity index (χ0) is 7.82. The fourth-order valence-corrected chi connectivity index (χ4v) is 0.443. The molecule has 0 aromatic rings. The van der Waals surface area contributed by atoms with Crippen LogP contribution in [0.2, 0.25) is 0 Å². The maximum Gasteiger partial charge on any atom is 0.309 e. The Morgan fingerprint density at radius 3 is 3.00 bits per heavy atom. The zero-order valence-corrected chi connectivity index (χ0v) is 6.04. The van der Waals surface area contributed by atoms with Gasteiger partial charge in [-0.15, -0.1) is 0 Å². The van der Waals surface area contributed by atoms with Gasteiger partial charge in [-0.25, -0.2) is 0 Å². The van der Waals surface area contributed by atoms with Gasteiger partial charge in [-0.05, 0) is 13.6 Å². The lowest BCUT2D eigenvalue weighted by molar-refractivity contribution is -0.142. The van der Waals surface area contributed by atoms with E-state index < -0.39 is 0 Å². The normalized spacial score (nSPS) is 9.70. The van der Waals surface area contributed by atoms with Crippen LogP contribution in [0.4, 0.5) is 0 Å². The Kier molecular flexibility index (Phi) is 5.33. The van der Waals surface area contributed by atoms with E-state index in [1.807, 2.05) is 0 Å². The third kappa shape index (κ3) is 5.03. The van der Waals surface area contributed by atoms with Crippen LogP contribution in [0.15, 0.2) is 17.3 Å². The maximum atomic E-state index is 10.6. The van der Waals surface area contributed by atoms with Gasteiger partial charge in [0.15, 0.2) is 0 Å². The predicted octanol–water partition coefficient (Wildman–Crippen LogP) is 1.15. The highest BCUT2D eigenvalue weighted by Gasteiger charge is 1.94. The molecule has 0 aliphatic rings. The Bertz CT molecular complexity index is 141. The van der Waals surface area contributed by atoms with E-state index in [0.717, 1.165) is 0 Å². The molecule has 0 aromatic heterocycles. The van der Waals surface area contributed by atoms with Gasteiger partial charge in [0.25, 0.3) is 0 Å². The molecule has 0 bridgehead atoms. The number of hydrogen-bond acceptors (Lipinski definition) is 3. The van der Waals surface area contributed by atoms with Crippen molar-refractivity contribution in [2.75, 3.05) is 6.61 Å². The molecule has 0 N–H and O–H groups in total. The average molecular weight is 141 g/mol. The summed E-state index contributed by atoms with van der Waals surface area (Å²) in [6, 6.07) is 0. The van der Waals surface area contributed by atoms with E-state index in [2.05, 4.69) is 16.4 Å². The molecule has 0 spiro atoms. The lowest BCUT2D eigenvalue weighted by Gasteiger charge is -1.95. The van der Waals surface area contributed by atoms with E-state index in [9.17, 15) is 4.79 Å². The van der Waals surface area contributed by atoms with Gasteiger partial charge < -0.3 is 4.74 Å². The molecular weight excluding hydrogens is 130 g/mol. The number of hydrogen-bond donors (Lipinski definition) is 0. The van der Waals surface area contributed by atoms with Crippen LogP contribution in [0.3, 0.4) is 0 Å². The molecule has 0 aliphatic heterocycles. The summed E-state index contributed by atoms with van der Waals surface area (Å²) >= 11 is 0. The Morgan fingerprint density at radius 1 is 1.80 bits per heavy atom. The molecule has 0 amide bonds. The van der Waals surface area contributed by atoms with Gasteiger partial charge in [0.05, 0.1) is 13.0 Å². The van der Waals surface area contributed by atoms with E-state index in [0.29, 0.717) is 6.61 Å². The van der Waals surface area contributed by atoms with Gasteiger partial charge in [0, 0.05) is 6.20 Å². The minimum Gasteiger partial charge on any atom is -0.466 e. The van der Waals surface area contributed by atoms with Crippen LogP contribution in [-0.2, 0) is 9.53 Å². The van der Waals surface area contributed by atoms with Crippen molar-refractivity contribution < 1.29 is 9.53 Å². The quantitative estimate of drug-likeness (QED) is 0.435. The third-order valence-corrected chi connectivity index (χ3v) is 0.801. The standard InChI is InChI=1S/C7H11NO2/c1-3-10-7(9)5-4-6-8-2/h4,6H,2-3,5H2,1H3/b6-4+. The molecular formula is C7H11NO2. The number of rotatable bonds is 4. The molecule has 3 nitrogen and oxygen atoms in total. The minimum absolute atomic E-state index is 0.234. The number of carbonyl (C=O) groups is 1. The first-order chi connectivity index (χ1) is 4.81. The summed E-state index contributed by atoms with van der Waals surface area (Å²) < 4.78 is 4.64. The van der Waals surface area contributed by atoms with Crippen LogP contribution in [0.1, 0.15) is 13.3 Å². The molecule has 3 heteroatoms. The summed E-state index contributed by atoms with van der Waals surface area (Å²) in [5.41, 5.74) is 0. The highest BCUT2D eigenvalue weighted by Crippen LogP contribution is 1.87. The van der Waals surface area contributed by atoms with Crippen molar-refractivity contribution in [3.63, 3.8) is 0 Å². The van der Waals surface area contributed by atoms with Crippen LogP contribution in [0.25, 0.3) is 0 Å². The van der Waals surface area contributed by atoms with Crippen molar-refractivity contribution in [2.24, 2.45) is 4.99 Å². The van der Waals surface area contributed by atoms with Gasteiger partial charge in [0.1, 0.15) is 0 Å². The number of aliphatic imine (C=N–C) groups is 1. The first-order valence-corrected chi connectivity index (χ1v) is 3.07. The van der Waals surface area contributed by atoms with Gasteiger partial charge in [-0.3, -0.25) is 9.79 Å². The SMILES string of the molecule is C=N/C=C/CC(=O)OCC. The summed E-state index contributed by atoms with van der Waals surface area (Å²) in [4.78, 5) is 14.0. The molecule has 0 fully saturated rings. The average Bonchev–Trinajstić information content (AvgIpc) is 1.89. The van der Waals surface area contributed by atoms with Crippen molar-refractivity contribution in [1.82, 2.24) is 0 Å². The zero-order valence-electron chi connectivity index (χ0n) is 6.04. The smallest absolute Gasteiger partial charge is 0.309 e. The van der Waals surface area contributed by atoms with Crippen LogP contribution >= 0.6 is 0 Å². The maximum absolute atomic E-state index is 10.6. The molecule has 10 heavy (non-hydrogen) atoms. The predicted molar refractivity (Wildman–Crippen MR) is 39.9 cm³/mol. The summed E-state index contributed by atoms with van der Waals surface area (Å²) in [5, 5.41) is 0. The molecule has 0 saturated carbocycles. The molecule has 0 heterocycles. The first kappa shape index (κ1) is 8.88. The van der Waals surface area contributed by atoms with Gasteiger partial charge in [-0.1, -0.05) is 6.08 Å². The van der Waals surface area contributed by atoms with E-state index in [1.54, 1.807) is 13.0 Å². The number of esters is 1. The fraction of sp³-hybridized carbons (Fsp3) is 0.429. The lowest BCUT2D eigenvalue weighted by atomic mass is 10.4. The molecule has 56 valence electrons. The lowest BCUT2D eigenvalue weighted by Crippen LogP contribution is -2.01. The van der Waals surface area contributed by atoms with E-state index in [1.165, 1.54) is 6.20 Å². The largest absolute Gasteiger partial charge is 0.466 e. The van der Waals surface area contributed by atoms with Gasteiger partial charge in [0.2, 0.25) is 0 Å². The van der Waals surface area contributed by atoms with Crippen molar-refractivity contribution in [3.05, 3.63) is 12.3 Å². The summed E-state index contributed by atoms with van der Waals surface area (Å²) in [6.07, 6.45) is 3.34. The van der Waals surface area contributed by atoms with Gasteiger partial charge >= 0.3 is 5.97 Å². The molecule has 0 rings (SSSR count). The second-order valence-corrected chi connectivity index (χ2v) is 1.58. The van der Waals surface area contributed by atoms with Crippen LogP contribution < -0.4 is 0 Å². The van der Waals surface area contributed by atoms with Gasteiger partial charge in [-0.2, -0.15) is 0 Å². The van der Waals surface area contributed by atoms with E-state index >= 15 is 0 Å². The van der Waals surface area contributed by atoms with Crippen LogP contribution in [0, 0.1) is 0 Å².